The molecule has 5 nitrogen and oxygen atoms in total. The van der Waals surface area contributed by atoms with Crippen LogP contribution in [0.2, 0.25) is 0 Å². The van der Waals surface area contributed by atoms with Gasteiger partial charge in [-0.05, 0) is 6.42 Å². The second-order valence-electron chi connectivity index (χ2n) is 4.28. The lowest BCUT2D eigenvalue weighted by Gasteiger charge is -2.39. The highest BCUT2D eigenvalue weighted by Gasteiger charge is 2.66. The Morgan fingerprint density at radius 2 is 2.15 bits per heavy atom. The van der Waals surface area contributed by atoms with Gasteiger partial charge >= 0.3 is 0 Å². The number of alkyl halides is 1. The SMILES string of the molecule is C=CCC1(Cl)C(=O)C(Cl)=C(n2ccnc2)C1(OC)OC. The summed E-state index contributed by atoms with van der Waals surface area (Å²) in [4.78, 5) is 14.9. The first-order valence-corrected chi connectivity index (χ1v) is 6.57. The highest BCUT2D eigenvalue weighted by atomic mass is 35.5. The number of carbonyl (C=O) groups is 1. The molecular formula is C13H14Cl2N2O3. The van der Waals surface area contributed by atoms with Crippen molar-refractivity contribution < 1.29 is 14.3 Å². The van der Waals surface area contributed by atoms with Crippen molar-refractivity contribution in [2.24, 2.45) is 0 Å². The minimum Gasteiger partial charge on any atom is -0.346 e. The molecule has 108 valence electrons. The second-order valence-corrected chi connectivity index (χ2v) is 5.30. The van der Waals surface area contributed by atoms with Crippen molar-refractivity contribution in [2.75, 3.05) is 14.2 Å². The van der Waals surface area contributed by atoms with E-state index in [1.165, 1.54) is 26.6 Å². The smallest absolute Gasteiger partial charge is 0.239 e. The maximum atomic E-state index is 12.5. The summed E-state index contributed by atoms with van der Waals surface area (Å²) in [5.41, 5.74) is 0.309. The number of ether oxygens (including phenoxy) is 2. The van der Waals surface area contributed by atoms with Crippen LogP contribution in [0.25, 0.3) is 5.70 Å². The Hall–Kier alpha value is -1.14. The summed E-state index contributed by atoms with van der Waals surface area (Å²) in [6.45, 7) is 3.62. The maximum Gasteiger partial charge on any atom is 0.239 e. The minimum absolute atomic E-state index is 0.0384. The standard InChI is InChI=1S/C13H14Cl2N2O3/c1-4-5-12(15)11(18)9(14)10(13(12,19-2)20-3)17-7-6-16-8-17/h4,6-8H,1,5H2,2-3H3. The Labute approximate surface area is 126 Å². The van der Waals surface area contributed by atoms with Crippen LogP contribution in [0, 0.1) is 0 Å². The highest BCUT2D eigenvalue weighted by molar-refractivity contribution is 6.55. The lowest BCUT2D eigenvalue weighted by molar-refractivity contribution is -0.185. The molecule has 0 fully saturated rings. The molecule has 0 radical (unpaired) electrons. The number of imidazole rings is 1. The molecule has 0 bridgehead atoms. The number of aromatic nitrogens is 2. The van der Waals surface area contributed by atoms with Gasteiger partial charge in [0, 0.05) is 26.6 Å². The zero-order chi connectivity index (χ0) is 15.0. The summed E-state index contributed by atoms with van der Waals surface area (Å²) in [6.07, 6.45) is 6.35. The molecule has 0 saturated carbocycles. The number of ketones is 1. The van der Waals surface area contributed by atoms with Gasteiger partial charge in [-0.2, -0.15) is 0 Å². The number of methoxy groups -OCH3 is 2. The first-order valence-electron chi connectivity index (χ1n) is 5.82. The van der Waals surface area contributed by atoms with Gasteiger partial charge in [-0.1, -0.05) is 17.7 Å². The number of nitrogens with zero attached hydrogens (tertiary/aromatic N) is 2. The van der Waals surface area contributed by atoms with E-state index in [1.807, 2.05) is 0 Å². The number of Topliss-reactive ketones (excluding diaryl/α,β-unsaturated/α-hetero) is 1. The molecule has 0 saturated heterocycles. The van der Waals surface area contributed by atoms with Gasteiger partial charge in [0.15, 0.2) is 4.87 Å². The van der Waals surface area contributed by atoms with Crippen LogP contribution in [0.5, 0.6) is 0 Å². The van der Waals surface area contributed by atoms with Gasteiger partial charge in [-0.15, -0.1) is 18.2 Å². The van der Waals surface area contributed by atoms with E-state index >= 15 is 0 Å². The van der Waals surface area contributed by atoms with Crippen molar-refractivity contribution in [3.63, 3.8) is 0 Å². The molecule has 0 N–H and O–H groups in total. The van der Waals surface area contributed by atoms with Gasteiger partial charge in [0.2, 0.25) is 11.6 Å². The molecular weight excluding hydrogens is 303 g/mol. The topological polar surface area (TPSA) is 53.4 Å². The molecule has 20 heavy (non-hydrogen) atoms. The molecule has 1 aliphatic rings. The number of hydrogen-bond acceptors (Lipinski definition) is 4. The van der Waals surface area contributed by atoms with Crippen molar-refractivity contribution >= 4 is 34.7 Å². The van der Waals surface area contributed by atoms with Crippen LogP contribution in [-0.4, -0.2) is 40.2 Å². The van der Waals surface area contributed by atoms with E-state index in [4.69, 9.17) is 32.7 Å². The number of allylic oxidation sites excluding steroid dienone is 2. The molecule has 2 rings (SSSR count). The average Bonchev–Trinajstić information content (AvgIpc) is 3.00. The van der Waals surface area contributed by atoms with E-state index < -0.39 is 16.4 Å². The molecule has 1 aromatic heterocycles. The summed E-state index contributed by atoms with van der Waals surface area (Å²) >= 11 is 12.7. The first-order chi connectivity index (χ1) is 9.48. The molecule has 7 heteroatoms. The second kappa shape index (κ2) is 5.33. The third kappa shape index (κ3) is 1.78. The van der Waals surface area contributed by atoms with E-state index in [-0.39, 0.29) is 11.5 Å². The van der Waals surface area contributed by atoms with Crippen molar-refractivity contribution in [3.05, 3.63) is 36.4 Å². The van der Waals surface area contributed by atoms with Crippen LogP contribution in [0.4, 0.5) is 0 Å². The number of rotatable bonds is 5. The van der Waals surface area contributed by atoms with Gasteiger partial charge < -0.3 is 14.0 Å². The van der Waals surface area contributed by atoms with Crippen LogP contribution in [0.3, 0.4) is 0 Å². The quantitative estimate of drug-likeness (QED) is 0.475. The van der Waals surface area contributed by atoms with Crippen molar-refractivity contribution in [1.82, 2.24) is 9.55 Å². The summed E-state index contributed by atoms with van der Waals surface area (Å²) in [6, 6.07) is 0. The van der Waals surface area contributed by atoms with Crippen molar-refractivity contribution in [1.29, 1.82) is 0 Å². The van der Waals surface area contributed by atoms with Gasteiger partial charge in [0.25, 0.3) is 0 Å². The Balaban J connectivity index is 2.71. The molecule has 0 aromatic carbocycles. The number of carbonyl (C=O) groups excluding carboxylic acids is 1. The maximum absolute atomic E-state index is 12.5. The van der Waals surface area contributed by atoms with E-state index in [2.05, 4.69) is 11.6 Å². The van der Waals surface area contributed by atoms with E-state index in [0.29, 0.717) is 5.70 Å². The van der Waals surface area contributed by atoms with Crippen LogP contribution in [-0.2, 0) is 14.3 Å². The molecule has 1 unspecified atom stereocenters. The van der Waals surface area contributed by atoms with Crippen LogP contribution in [0.15, 0.2) is 36.4 Å². The Morgan fingerprint density at radius 3 is 2.60 bits per heavy atom. The van der Waals surface area contributed by atoms with Gasteiger partial charge in [0.1, 0.15) is 10.7 Å². The largest absolute Gasteiger partial charge is 0.346 e. The molecule has 0 spiro atoms. The number of halogens is 2. The van der Waals surface area contributed by atoms with Crippen molar-refractivity contribution in [3.8, 4) is 0 Å². The summed E-state index contributed by atoms with van der Waals surface area (Å²) in [5.74, 6) is -1.98. The fourth-order valence-electron chi connectivity index (χ4n) is 2.46. The van der Waals surface area contributed by atoms with Gasteiger partial charge in [-0.25, -0.2) is 4.98 Å². The fourth-order valence-corrected chi connectivity index (χ4v) is 3.34. The number of hydrogen-bond donors (Lipinski definition) is 0. The Kier molecular flexibility index (Phi) is 4.07. The molecule has 1 aliphatic carbocycles. The molecule has 0 aliphatic heterocycles. The summed E-state index contributed by atoms with van der Waals surface area (Å²) in [7, 11) is 2.81. The average molecular weight is 317 g/mol. The zero-order valence-electron chi connectivity index (χ0n) is 11.1. The van der Waals surface area contributed by atoms with E-state index in [0.717, 1.165) is 0 Å². The molecule has 1 atom stereocenters. The van der Waals surface area contributed by atoms with E-state index in [1.54, 1.807) is 17.0 Å². The van der Waals surface area contributed by atoms with Crippen LogP contribution >= 0.6 is 23.2 Å². The van der Waals surface area contributed by atoms with Crippen LogP contribution < -0.4 is 0 Å². The van der Waals surface area contributed by atoms with E-state index in [9.17, 15) is 4.79 Å². The molecule has 1 aromatic rings. The fraction of sp³-hybridized carbons (Fsp3) is 0.385. The summed E-state index contributed by atoms with van der Waals surface area (Å²) in [5, 5.41) is -0.0384. The highest BCUT2D eigenvalue weighted by Crippen LogP contribution is 2.53. The van der Waals surface area contributed by atoms with Crippen LogP contribution in [0.1, 0.15) is 6.42 Å². The lowest BCUT2D eigenvalue weighted by atomic mass is 9.93. The third-order valence-corrected chi connectivity index (χ3v) is 4.29. The molecule has 0 amide bonds. The summed E-state index contributed by atoms with van der Waals surface area (Å²) < 4.78 is 12.5. The first kappa shape index (κ1) is 15.3. The monoisotopic (exact) mass is 316 g/mol. The van der Waals surface area contributed by atoms with Gasteiger partial charge in [-0.3, -0.25) is 4.79 Å². The predicted octanol–water partition coefficient (Wildman–Crippen LogP) is 2.42. The lowest BCUT2D eigenvalue weighted by Crippen LogP contribution is -2.54. The van der Waals surface area contributed by atoms with Crippen molar-refractivity contribution in [2.45, 2.75) is 17.1 Å². The third-order valence-electron chi connectivity index (χ3n) is 3.36. The minimum atomic E-state index is -1.52. The Morgan fingerprint density at radius 1 is 1.50 bits per heavy atom. The molecule has 1 heterocycles. The van der Waals surface area contributed by atoms with Gasteiger partial charge in [0.05, 0.1) is 6.33 Å². The Bertz CT molecular complexity index is 564. The predicted molar refractivity (Wildman–Crippen MR) is 76.5 cm³/mol. The zero-order valence-corrected chi connectivity index (χ0v) is 12.6. The normalized spacial score (nSPS) is 25.3.